The van der Waals surface area contributed by atoms with E-state index in [0.29, 0.717) is 11.5 Å². The van der Waals surface area contributed by atoms with Gasteiger partial charge in [0.1, 0.15) is 0 Å². The molecule has 0 aromatic carbocycles. The molecule has 2 N–H and O–H groups in total. The van der Waals surface area contributed by atoms with Crippen LogP contribution >= 0.6 is 0 Å². The molecular formula is C8H9N3O2. The molecule has 2 aromatic heterocycles. The molecule has 68 valence electrons. The Morgan fingerprint density at radius 1 is 1.77 bits per heavy atom. The zero-order chi connectivity index (χ0) is 9.42. The van der Waals surface area contributed by atoms with Crippen LogP contribution in [0.1, 0.15) is 11.4 Å². The van der Waals surface area contributed by atoms with E-state index >= 15 is 0 Å². The normalized spacial score (nSPS) is 10.8. The lowest BCUT2D eigenvalue weighted by Gasteiger charge is -1.93. The van der Waals surface area contributed by atoms with E-state index < -0.39 is 5.97 Å². The lowest BCUT2D eigenvalue weighted by molar-refractivity contribution is -0.136. The highest BCUT2D eigenvalue weighted by Crippen LogP contribution is 2.10. The number of H-pyrrole nitrogens is 1. The fourth-order valence-electron chi connectivity index (χ4n) is 1.36. The van der Waals surface area contributed by atoms with Crippen molar-refractivity contribution >= 4 is 11.7 Å². The van der Waals surface area contributed by atoms with E-state index in [2.05, 4.69) is 9.97 Å². The largest absolute Gasteiger partial charge is 0.481 e. The Morgan fingerprint density at radius 3 is 3.15 bits per heavy atom. The van der Waals surface area contributed by atoms with Gasteiger partial charge in [0.25, 0.3) is 0 Å². The summed E-state index contributed by atoms with van der Waals surface area (Å²) in [6.45, 7) is 1.86. The summed E-state index contributed by atoms with van der Waals surface area (Å²) in [4.78, 5) is 17.4. The molecule has 0 bridgehead atoms. The fourth-order valence-corrected chi connectivity index (χ4v) is 1.36. The van der Waals surface area contributed by atoms with Gasteiger partial charge in [-0.1, -0.05) is 0 Å². The molecule has 13 heavy (non-hydrogen) atoms. The van der Waals surface area contributed by atoms with E-state index in [9.17, 15) is 4.79 Å². The number of imidazole rings is 2. The van der Waals surface area contributed by atoms with Gasteiger partial charge in [0.15, 0.2) is 0 Å². The lowest BCUT2D eigenvalue weighted by Crippen LogP contribution is -2.02. The monoisotopic (exact) mass is 179 g/mol. The van der Waals surface area contributed by atoms with Crippen LogP contribution in [0, 0.1) is 6.92 Å². The predicted molar refractivity (Wildman–Crippen MR) is 45.6 cm³/mol. The van der Waals surface area contributed by atoms with E-state index in [1.807, 2.05) is 11.3 Å². The second-order valence-electron chi connectivity index (χ2n) is 2.88. The molecule has 0 amide bonds. The minimum absolute atomic E-state index is 0.00912. The first kappa shape index (κ1) is 7.85. The quantitative estimate of drug-likeness (QED) is 0.709. The average Bonchev–Trinajstić information content (AvgIpc) is 2.56. The number of aryl methyl sites for hydroxylation is 1. The SMILES string of the molecule is Cc1c(CC(=O)O)[nH]c2nccn12. The Bertz CT molecular complexity index is 455. The minimum atomic E-state index is -0.840. The fraction of sp³-hybridized carbons (Fsp3) is 0.250. The lowest BCUT2D eigenvalue weighted by atomic mass is 10.2. The van der Waals surface area contributed by atoms with Gasteiger partial charge in [-0.2, -0.15) is 0 Å². The number of carboxylic acid groups (broad SMARTS) is 1. The van der Waals surface area contributed by atoms with Crippen LogP contribution in [-0.4, -0.2) is 25.4 Å². The zero-order valence-electron chi connectivity index (χ0n) is 7.11. The summed E-state index contributed by atoms with van der Waals surface area (Å²) in [6.07, 6.45) is 3.48. The summed E-state index contributed by atoms with van der Waals surface area (Å²) >= 11 is 0. The summed E-state index contributed by atoms with van der Waals surface area (Å²) in [6, 6.07) is 0. The van der Waals surface area contributed by atoms with Gasteiger partial charge < -0.3 is 10.1 Å². The molecule has 0 fully saturated rings. The van der Waals surface area contributed by atoms with Gasteiger partial charge >= 0.3 is 5.97 Å². The number of fused-ring (bicyclic) bond motifs is 1. The molecule has 0 spiro atoms. The van der Waals surface area contributed by atoms with Gasteiger partial charge in [-0.05, 0) is 6.92 Å². The molecule has 0 radical (unpaired) electrons. The molecule has 0 atom stereocenters. The number of hydrogen-bond acceptors (Lipinski definition) is 2. The second-order valence-corrected chi connectivity index (χ2v) is 2.88. The molecule has 5 heteroatoms. The highest BCUT2D eigenvalue weighted by molar-refractivity contribution is 5.70. The van der Waals surface area contributed by atoms with Crippen LogP contribution < -0.4 is 0 Å². The third kappa shape index (κ3) is 1.18. The zero-order valence-corrected chi connectivity index (χ0v) is 7.11. The number of aromatic nitrogens is 3. The number of carbonyl (C=O) groups is 1. The van der Waals surface area contributed by atoms with Crippen molar-refractivity contribution in [1.29, 1.82) is 0 Å². The molecule has 0 aliphatic rings. The van der Waals surface area contributed by atoms with Gasteiger partial charge in [-0.25, -0.2) is 4.98 Å². The Morgan fingerprint density at radius 2 is 2.54 bits per heavy atom. The van der Waals surface area contributed by atoms with Gasteiger partial charge in [-0.15, -0.1) is 0 Å². The Hall–Kier alpha value is -1.78. The van der Waals surface area contributed by atoms with Crippen molar-refractivity contribution in [2.75, 3.05) is 0 Å². The van der Waals surface area contributed by atoms with Crippen molar-refractivity contribution in [3.05, 3.63) is 23.8 Å². The number of nitrogens with zero attached hydrogens (tertiary/aromatic N) is 2. The number of nitrogens with one attached hydrogen (secondary N) is 1. The van der Waals surface area contributed by atoms with E-state index in [-0.39, 0.29) is 6.42 Å². The van der Waals surface area contributed by atoms with Crippen molar-refractivity contribution < 1.29 is 9.90 Å². The van der Waals surface area contributed by atoms with Crippen molar-refractivity contribution in [2.24, 2.45) is 0 Å². The number of carboxylic acids is 1. The van der Waals surface area contributed by atoms with E-state index in [1.54, 1.807) is 12.4 Å². The molecule has 0 aliphatic carbocycles. The predicted octanol–water partition coefficient (Wildman–Crippen LogP) is 0.598. The summed E-state index contributed by atoms with van der Waals surface area (Å²) in [7, 11) is 0. The Kier molecular flexibility index (Phi) is 1.58. The summed E-state index contributed by atoms with van der Waals surface area (Å²) < 4.78 is 1.83. The van der Waals surface area contributed by atoms with Crippen LogP contribution in [0.3, 0.4) is 0 Å². The van der Waals surface area contributed by atoms with Gasteiger partial charge in [0, 0.05) is 23.8 Å². The highest BCUT2D eigenvalue weighted by Gasteiger charge is 2.10. The first-order chi connectivity index (χ1) is 6.18. The maximum absolute atomic E-state index is 10.5. The Balaban J connectivity index is 2.51. The van der Waals surface area contributed by atoms with Gasteiger partial charge in [0.2, 0.25) is 5.78 Å². The molecule has 0 saturated heterocycles. The number of aromatic amines is 1. The minimum Gasteiger partial charge on any atom is -0.481 e. The van der Waals surface area contributed by atoms with E-state index in [1.165, 1.54) is 0 Å². The standard InChI is InChI=1S/C8H9N3O2/c1-5-6(4-7(12)13)10-8-9-2-3-11(5)8/h2-3H,4H2,1H3,(H,9,10)(H,12,13). The molecule has 5 nitrogen and oxygen atoms in total. The molecular weight excluding hydrogens is 170 g/mol. The summed E-state index contributed by atoms with van der Waals surface area (Å²) in [5.74, 6) is -0.152. The van der Waals surface area contributed by atoms with Crippen molar-refractivity contribution in [3.8, 4) is 0 Å². The van der Waals surface area contributed by atoms with E-state index in [4.69, 9.17) is 5.11 Å². The topological polar surface area (TPSA) is 70.4 Å². The van der Waals surface area contributed by atoms with Crippen molar-refractivity contribution in [3.63, 3.8) is 0 Å². The molecule has 0 saturated carbocycles. The molecule has 2 aromatic rings. The van der Waals surface area contributed by atoms with Crippen molar-refractivity contribution in [1.82, 2.24) is 14.4 Å². The number of hydrogen-bond donors (Lipinski definition) is 2. The maximum atomic E-state index is 10.5. The number of rotatable bonds is 2. The third-order valence-electron chi connectivity index (χ3n) is 2.03. The Labute approximate surface area is 74.0 Å². The van der Waals surface area contributed by atoms with Crippen molar-refractivity contribution in [2.45, 2.75) is 13.3 Å². The highest BCUT2D eigenvalue weighted by atomic mass is 16.4. The van der Waals surface area contributed by atoms with Crippen LogP contribution in [0.25, 0.3) is 5.78 Å². The van der Waals surface area contributed by atoms with Crippen LogP contribution in [-0.2, 0) is 11.2 Å². The van der Waals surface area contributed by atoms with Crippen LogP contribution in [0.15, 0.2) is 12.4 Å². The summed E-state index contributed by atoms with van der Waals surface area (Å²) in [5.41, 5.74) is 1.60. The van der Waals surface area contributed by atoms with Crippen LogP contribution in [0.4, 0.5) is 0 Å². The average molecular weight is 179 g/mol. The first-order valence-electron chi connectivity index (χ1n) is 3.91. The van der Waals surface area contributed by atoms with Gasteiger partial charge in [0.05, 0.1) is 6.42 Å². The molecule has 2 heterocycles. The first-order valence-corrected chi connectivity index (χ1v) is 3.91. The third-order valence-corrected chi connectivity index (χ3v) is 2.03. The van der Waals surface area contributed by atoms with Crippen LogP contribution in [0.5, 0.6) is 0 Å². The second kappa shape index (κ2) is 2.62. The molecule has 0 aliphatic heterocycles. The maximum Gasteiger partial charge on any atom is 0.309 e. The van der Waals surface area contributed by atoms with Gasteiger partial charge in [-0.3, -0.25) is 9.20 Å². The summed E-state index contributed by atoms with van der Waals surface area (Å²) in [5, 5.41) is 8.60. The number of aliphatic carboxylic acids is 1. The van der Waals surface area contributed by atoms with E-state index in [0.717, 1.165) is 5.69 Å². The molecule has 2 rings (SSSR count). The van der Waals surface area contributed by atoms with Crippen LogP contribution in [0.2, 0.25) is 0 Å². The smallest absolute Gasteiger partial charge is 0.309 e. The molecule has 0 unspecified atom stereocenters.